The van der Waals surface area contributed by atoms with Crippen LogP contribution in [0.1, 0.15) is 17.9 Å². The van der Waals surface area contributed by atoms with Gasteiger partial charge in [0.25, 0.3) is 0 Å². The number of nitrogens with zero attached hydrogens (tertiary/aromatic N) is 1. The number of halogens is 3. The summed E-state index contributed by atoms with van der Waals surface area (Å²) in [6.45, 7) is 0. The molecule has 1 aliphatic carbocycles. The van der Waals surface area contributed by atoms with E-state index in [0.717, 1.165) is 0 Å². The first-order chi connectivity index (χ1) is 10.6. The Morgan fingerprint density at radius 2 is 1.95 bits per heavy atom. The van der Waals surface area contributed by atoms with Gasteiger partial charge in [-0.1, -0.05) is 17.7 Å². The maximum atomic E-state index is 13.7. The lowest BCUT2D eigenvalue weighted by Crippen LogP contribution is -2.31. The average molecular weight is 340 g/mol. The van der Waals surface area contributed by atoms with E-state index in [4.69, 9.17) is 23.8 Å². The van der Waals surface area contributed by atoms with Gasteiger partial charge in [0, 0.05) is 23.7 Å². The van der Waals surface area contributed by atoms with Crippen LogP contribution in [0.4, 0.5) is 14.6 Å². The van der Waals surface area contributed by atoms with E-state index in [9.17, 15) is 8.78 Å². The summed E-state index contributed by atoms with van der Waals surface area (Å²) in [5, 5.41) is 6.66. The molecular weight excluding hydrogens is 328 g/mol. The first kappa shape index (κ1) is 15.1. The third kappa shape index (κ3) is 3.18. The van der Waals surface area contributed by atoms with E-state index in [1.165, 1.54) is 18.2 Å². The van der Waals surface area contributed by atoms with Gasteiger partial charge in [-0.15, -0.1) is 0 Å². The molecule has 0 unspecified atom stereocenters. The predicted molar refractivity (Wildman–Crippen MR) is 86.1 cm³/mol. The van der Waals surface area contributed by atoms with Crippen LogP contribution in [0, 0.1) is 11.6 Å². The van der Waals surface area contributed by atoms with Crippen molar-refractivity contribution >= 4 is 34.7 Å². The molecule has 1 fully saturated rings. The standard InChI is InChI=1S/C15H12ClF2N3S/c16-9-3-2-6-19-14(9)21-15(22)20-12-7-8(12)13-10(17)4-1-5-11(13)18/h1-6,8,12H,7H2,(H2,19,20,21,22)/t8-,12+/m0/s1. The molecule has 1 aliphatic rings. The number of pyridine rings is 1. The Labute approximate surface area is 136 Å². The average Bonchev–Trinajstić information content (AvgIpc) is 3.20. The quantitative estimate of drug-likeness (QED) is 0.833. The summed E-state index contributed by atoms with van der Waals surface area (Å²) in [6.07, 6.45) is 2.21. The van der Waals surface area contributed by atoms with Crippen LogP contribution in [-0.4, -0.2) is 16.1 Å². The zero-order valence-corrected chi connectivity index (χ0v) is 12.9. The van der Waals surface area contributed by atoms with E-state index in [-0.39, 0.29) is 17.5 Å². The van der Waals surface area contributed by atoms with Crippen molar-refractivity contribution in [1.29, 1.82) is 0 Å². The highest BCUT2D eigenvalue weighted by Gasteiger charge is 2.42. The number of hydrogen-bond acceptors (Lipinski definition) is 2. The van der Waals surface area contributed by atoms with E-state index in [0.29, 0.717) is 22.4 Å². The minimum atomic E-state index is -0.527. The van der Waals surface area contributed by atoms with Gasteiger partial charge >= 0.3 is 0 Å². The molecule has 1 heterocycles. The van der Waals surface area contributed by atoms with Gasteiger partial charge in [0.1, 0.15) is 11.6 Å². The van der Waals surface area contributed by atoms with Crippen LogP contribution in [0.5, 0.6) is 0 Å². The summed E-state index contributed by atoms with van der Waals surface area (Å²) in [6, 6.07) is 7.18. The molecule has 3 rings (SSSR count). The molecule has 0 aliphatic heterocycles. The molecule has 2 aromatic rings. The van der Waals surface area contributed by atoms with E-state index >= 15 is 0 Å². The van der Waals surface area contributed by atoms with Gasteiger partial charge in [-0.2, -0.15) is 0 Å². The summed E-state index contributed by atoms with van der Waals surface area (Å²) in [4.78, 5) is 4.06. The second-order valence-corrected chi connectivity index (χ2v) is 5.83. The monoisotopic (exact) mass is 339 g/mol. The SMILES string of the molecule is Fc1cccc(F)c1[C@H]1C[C@H]1NC(=S)Nc1ncccc1Cl. The van der Waals surface area contributed by atoms with Crippen LogP contribution in [0.2, 0.25) is 5.02 Å². The molecule has 2 N–H and O–H groups in total. The minimum absolute atomic E-state index is 0.103. The van der Waals surface area contributed by atoms with Gasteiger partial charge in [-0.05, 0) is 42.9 Å². The number of hydrogen-bond donors (Lipinski definition) is 2. The maximum absolute atomic E-state index is 13.7. The fourth-order valence-electron chi connectivity index (χ4n) is 2.33. The Bertz CT molecular complexity index is 705. The molecule has 0 bridgehead atoms. The molecule has 2 atom stereocenters. The smallest absolute Gasteiger partial charge is 0.172 e. The number of benzene rings is 1. The molecular formula is C15H12ClF2N3S. The van der Waals surface area contributed by atoms with Crippen LogP contribution < -0.4 is 10.6 Å². The van der Waals surface area contributed by atoms with Crippen molar-refractivity contribution in [2.45, 2.75) is 18.4 Å². The summed E-state index contributed by atoms with van der Waals surface area (Å²) in [5.74, 6) is -0.835. The molecule has 114 valence electrons. The highest BCUT2D eigenvalue weighted by Crippen LogP contribution is 2.43. The Morgan fingerprint density at radius 3 is 2.64 bits per heavy atom. The fourth-order valence-corrected chi connectivity index (χ4v) is 2.74. The lowest BCUT2D eigenvalue weighted by atomic mass is 10.1. The van der Waals surface area contributed by atoms with Crippen molar-refractivity contribution in [3.63, 3.8) is 0 Å². The summed E-state index contributed by atoms with van der Waals surface area (Å²) < 4.78 is 27.4. The van der Waals surface area contributed by atoms with E-state index in [2.05, 4.69) is 15.6 Å². The molecule has 1 saturated carbocycles. The van der Waals surface area contributed by atoms with E-state index < -0.39 is 11.6 Å². The van der Waals surface area contributed by atoms with Crippen molar-refractivity contribution < 1.29 is 8.78 Å². The number of anilines is 1. The lowest BCUT2D eigenvalue weighted by Gasteiger charge is -2.11. The lowest BCUT2D eigenvalue weighted by molar-refractivity contribution is 0.554. The van der Waals surface area contributed by atoms with Crippen molar-refractivity contribution in [1.82, 2.24) is 10.3 Å². The van der Waals surface area contributed by atoms with Crippen LogP contribution >= 0.6 is 23.8 Å². The van der Waals surface area contributed by atoms with Crippen molar-refractivity contribution in [2.75, 3.05) is 5.32 Å². The van der Waals surface area contributed by atoms with Gasteiger partial charge in [0.05, 0.1) is 5.02 Å². The molecule has 0 spiro atoms. The zero-order valence-electron chi connectivity index (χ0n) is 11.3. The number of thiocarbonyl (C=S) groups is 1. The Hall–Kier alpha value is -1.79. The first-order valence-electron chi connectivity index (χ1n) is 6.68. The highest BCUT2D eigenvalue weighted by molar-refractivity contribution is 7.80. The molecule has 0 radical (unpaired) electrons. The second-order valence-electron chi connectivity index (χ2n) is 5.02. The van der Waals surface area contributed by atoms with Gasteiger partial charge < -0.3 is 10.6 Å². The van der Waals surface area contributed by atoms with Crippen LogP contribution in [0.3, 0.4) is 0 Å². The van der Waals surface area contributed by atoms with Crippen molar-refractivity contribution in [3.8, 4) is 0 Å². The van der Waals surface area contributed by atoms with Crippen molar-refractivity contribution in [2.24, 2.45) is 0 Å². The van der Waals surface area contributed by atoms with Gasteiger partial charge in [-0.3, -0.25) is 0 Å². The van der Waals surface area contributed by atoms with Gasteiger partial charge in [0.2, 0.25) is 0 Å². The summed E-state index contributed by atoms with van der Waals surface area (Å²) in [7, 11) is 0. The second kappa shape index (κ2) is 6.14. The Kier molecular flexibility index (Phi) is 4.22. The van der Waals surface area contributed by atoms with E-state index in [1.807, 2.05) is 0 Å². The topological polar surface area (TPSA) is 37.0 Å². The molecule has 1 aromatic heterocycles. The Balaban J connectivity index is 1.62. The number of aromatic nitrogens is 1. The Morgan fingerprint density at radius 1 is 1.23 bits per heavy atom. The third-order valence-corrected chi connectivity index (χ3v) is 3.99. The van der Waals surface area contributed by atoms with Crippen LogP contribution in [0.15, 0.2) is 36.5 Å². The van der Waals surface area contributed by atoms with Gasteiger partial charge in [-0.25, -0.2) is 13.8 Å². The molecule has 22 heavy (non-hydrogen) atoms. The fraction of sp³-hybridized carbons (Fsp3) is 0.200. The molecule has 0 saturated heterocycles. The molecule has 3 nitrogen and oxygen atoms in total. The minimum Gasteiger partial charge on any atom is -0.359 e. The molecule has 0 amide bonds. The molecule has 1 aromatic carbocycles. The van der Waals surface area contributed by atoms with Crippen molar-refractivity contribution in [3.05, 3.63) is 58.7 Å². The van der Waals surface area contributed by atoms with E-state index in [1.54, 1.807) is 18.3 Å². The van der Waals surface area contributed by atoms with Gasteiger partial charge in [0.15, 0.2) is 10.9 Å². The number of rotatable bonds is 3. The molecule has 7 heteroatoms. The summed E-state index contributed by atoms with van der Waals surface area (Å²) >= 11 is 11.1. The largest absolute Gasteiger partial charge is 0.359 e. The maximum Gasteiger partial charge on any atom is 0.172 e. The first-order valence-corrected chi connectivity index (χ1v) is 7.47. The highest BCUT2D eigenvalue weighted by atomic mass is 35.5. The summed E-state index contributed by atoms with van der Waals surface area (Å²) in [5.41, 5.74) is 0.110. The zero-order chi connectivity index (χ0) is 15.7. The number of nitrogens with one attached hydrogen (secondary N) is 2. The van der Waals surface area contributed by atoms with Crippen LogP contribution in [0.25, 0.3) is 0 Å². The third-order valence-electron chi connectivity index (χ3n) is 3.47. The van der Waals surface area contributed by atoms with Crippen LogP contribution in [-0.2, 0) is 0 Å². The predicted octanol–water partition coefficient (Wildman–Crippen LogP) is 3.86. The normalized spacial score (nSPS) is 19.6.